The second-order valence-electron chi connectivity index (χ2n) is 9.41. The number of nitrogens with zero attached hydrogens (tertiary/aromatic N) is 2. The number of hydrogen-bond donors (Lipinski definition) is 0. The Labute approximate surface area is 188 Å². The molecule has 148 valence electrons. The van der Waals surface area contributed by atoms with Gasteiger partial charge in [0.15, 0.2) is 12.5 Å². The van der Waals surface area contributed by atoms with E-state index in [9.17, 15) is 0 Å². The Morgan fingerprint density at radius 2 is 1.00 bits per heavy atom. The third-order valence-corrected chi connectivity index (χ3v) is 7.45. The third kappa shape index (κ3) is 4.49. The molecule has 4 aliphatic rings. The highest BCUT2D eigenvalue weighted by Gasteiger charge is 2.56. The Kier molecular flexibility index (Phi) is 7.91. The molecule has 0 aromatic heterocycles. The summed E-state index contributed by atoms with van der Waals surface area (Å²) in [6.07, 6.45) is 11.6. The Morgan fingerprint density at radius 1 is 0.640 bits per heavy atom. The highest BCUT2D eigenvalue weighted by Crippen LogP contribution is 2.47. The van der Waals surface area contributed by atoms with Gasteiger partial charge in [0.25, 0.3) is 0 Å². The summed E-state index contributed by atoms with van der Waals surface area (Å²) in [5.74, 6) is 0. The Hall–Kier alpha value is 1.30. The normalized spacial score (nSPS) is 39.6. The maximum atomic E-state index is 6.39. The Balaban J connectivity index is 0.00000113. The molecule has 4 heterocycles. The first kappa shape index (κ1) is 22.6. The summed E-state index contributed by atoms with van der Waals surface area (Å²) < 4.78 is 15.1. The minimum absolute atomic E-state index is 0. The molecular weight excluding hydrogens is 542 g/mol. The first-order valence-corrected chi connectivity index (χ1v) is 9.96. The molecule has 4 rings (SSSR count). The summed E-state index contributed by atoms with van der Waals surface area (Å²) in [4.78, 5) is 0. The molecule has 0 aromatic rings. The molecule has 0 aromatic carbocycles. The van der Waals surface area contributed by atoms with Gasteiger partial charge in [-0.1, -0.05) is 0 Å². The van der Waals surface area contributed by atoms with Crippen LogP contribution in [-0.2, 0) is 9.47 Å². The lowest BCUT2D eigenvalue weighted by Gasteiger charge is -2.42. The van der Waals surface area contributed by atoms with E-state index in [2.05, 4.69) is 14.1 Å². The lowest BCUT2D eigenvalue weighted by molar-refractivity contribution is -0.957. The SMILES string of the molecule is C[N+]1(C2CC3(CO2)COC([N+]2(C)CCCCC2)C3)CCCCC1.[I-].[I-]. The number of rotatable bonds is 2. The summed E-state index contributed by atoms with van der Waals surface area (Å²) in [5, 5.41) is 0. The smallest absolute Gasteiger partial charge is 0.193 e. The van der Waals surface area contributed by atoms with Gasteiger partial charge in [0.2, 0.25) is 0 Å². The second-order valence-corrected chi connectivity index (χ2v) is 9.41. The van der Waals surface area contributed by atoms with Crippen LogP contribution in [0.2, 0.25) is 0 Å². The minimum Gasteiger partial charge on any atom is -1.00 e. The number of ether oxygens (including phenoxy) is 2. The van der Waals surface area contributed by atoms with Gasteiger partial charge >= 0.3 is 0 Å². The summed E-state index contributed by atoms with van der Waals surface area (Å²) in [5.41, 5.74) is 0.312. The van der Waals surface area contributed by atoms with Crippen molar-refractivity contribution in [3.8, 4) is 0 Å². The molecule has 2 unspecified atom stereocenters. The molecule has 2 atom stereocenters. The van der Waals surface area contributed by atoms with Gasteiger partial charge < -0.3 is 66.4 Å². The Morgan fingerprint density at radius 3 is 1.36 bits per heavy atom. The van der Waals surface area contributed by atoms with Gasteiger partial charge in [-0.25, -0.2) is 0 Å². The fourth-order valence-corrected chi connectivity index (χ4v) is 5.61. The maximum Gasteiger partial charge on any atom is 0.193 e. The fourth-order valence-electron chi connectivity index (χ4n) is 5.61. The molecule has 6 heteroatoms. The van der Waals surface area contributed by atoms with E-state index in [0.717, 1.165) is 22.2 Å². The van der Waals surface area contributed by atoms with Crippen molar-refractivity contribution < 1.29 is 66.4 Å². The van der Waals surface area contributed by atoms with E-state index < -0.39 is 0 Å². The first-order chi connectivity index (χ1) is 11.0. The van der Waals surface area contributed by atoms with Crippen molar-refractivity contribution in [2.24, 2.45) is 5.41 Å². The van der Waals surface area contributed by atoms with Crippen molar-refractivity contribution in [1.82, 2.24) is 0 Å². The van der Waals surface area contributed by atoms with Crippen LogP contribution in [0.3, 0.4) is 0 Å². The molecule has 0 amide bonds. The largest absolute Gasteiger partial charge is 1.00 e. The van der Waals surface area contributed by atoms with Gasteiger partial charge in [-0.05, 0) is 38.5 Å². The van der Waals surface area contributed by atoms with Crippen molar-refractivity contribution in [2.75, 3.05) is 53.5 Å². The zero-order valence-electron chi connectivity index (χ0n) is 16.0. The zero-order valence-corrected chi connectivity index (χ0v) is 20.3. The van der Waals surface area contributed by atoms with Gasteiger partial charge in [-0.3, -0.25) is 0 Å². The van der Waals surface area contributed by atoms with Crippen LogP contribution in [0.25, 0.3) is 0 Å². The zero-order chi connectivity index (χ0) is 16.0. The molecule has 4 fully saturated rings. The van der Waals surface area contributed by atoms with E-state index in [4.69, 9.17) is 9.47 Å². The Bertz CT molecular complexity index is 397. The van der Waals surface area contributed by atoms with Gasteiger partial charge in [0.05, 0.1) is 53.5 Å². The van der Waals surface area contributed by atoms with Gasteiger partial charge in [-0.2, -0.15) is 0 Å². The average molecular weight is 578 g/mol. The van der Waals surface area contributed by atoms with Crippen molar-refractivity contribution >= 4 is 0 Å². The lowest BCUT2D eigenvalue weighted by Crippen LogP contribution is -3.00. The summed E-state index contributed by atoms with van der Waals surface area (Å²) in [6.45, 7) is 7.08. The molecule has 0 saturated carbocycles. The standard InChI is InChI=1S/C19H36N2O2.2HI/c1-20(9-5-3-6-10-20)17-13-19(15-22-17)14-18(23-16-19)21(2)11-7-4-8-12-21;;/h17-18H,3-16H2,1-2H3;2*1H/q+2;;/p-2. The van der Waals surface area contributed by atoms with Crippen molar-refractivity contribution in [2.45, 2.75) is 63.8 Å². The van der Waals surface area contributed by atoms with E-state index in [0.29, 0.717) is 17.9 Å². The van der Waals surface area contributed by atoms with E-state index in [1.165, 1.54) is 77.5 Å². The maximum absolute atomic E-state index is 6.39. The van der Waals surface area contributed by atoms with Crippen LogP contribution in [0, 0.1) is 5.41 Å². The quantitative estimate of drug-likeness (QED) is 0.253. The van der Waals surface area contributed by atoms with Crippen molar-refractivity contribution in [3.05, 3.63) is 0 Å². The number of halogens is 2. The van der Waals surface area contributed by atoms with Gasteiger partial charge in [-0.15, -0.1) is 0 Å². The highest BCUT2D eigenvalue weighted by atomic mass is 127. The number of hydrogen-bond acceptors (Lipinski definition) is 2. The molecular formula is C19H36I2N2O2. The minimum atomic E-state index is 0. The molecule has 0 bridgehead atoms. The molecule has 0 aliphatic carbocycles. The van der Waals surface area contributed by atoms with Crippen LogP contribution in [0.5, 0.6) is 0 Å². The number of quaternary nitrogens is 2. The van der Waals surface area contributed by atoms with Crippen LogP contribution in [0.15, 0.2) is 0 Å². The molecule has 4 aliphatic heterocycles. The number of piperidine rings is 2. The summed E-state index contributed by atoms with van der Waals surface area (Å²) in [7, 11) is 4.85. The molecule has 4 saturated heterocycles. The average Bonchev–Trinajstić information content (AvgIpc) is 3.18. The van der Waals surface area contributed by atoms with E-state index in [1.54, 1.807) is 0 Å². The van der Waals surface area contributed by atoms with Gasteiger partial charge in [0.1, 0.15) is 0 Å². The van der Waals surface area contributed by atoms with Crippen LogP contribution in [-0.4, -0.2) is 74.9 Å². The highest BCUT2D eigenvalue weighted by molar-refractivity contribution is 4.91. The molecule has 25 heavy (non-hydrogen) atoms. The lowest BCUT2D eigenvalue weighted by atomic mass is 9.84. The topological polar surface area (TPSA) is 18.5 Å². The van der Waals surface area contributed by atoms with Crippen LogP contribution in [0.1, 0.15) is 51.4 Å². The van der Waals surface area contributed by atoms with Gasteiger partial charge in [0, 0.05) is 18.3 Å². The first-order valence-electron chi connectivity index (χ1n) is 9.96. The second kappa shape index (κ2) is 8.76. The van der Waals surface area contributed by atoms with E-state index in [1.807, 2.05) is 0 Å². The monoisotopic (exact) mass is 578 g/mol. The summed E-state index contributed by atoms with van der Waals surface area (Å²) >= 11 is 0. The van der Waals surface area contributed by atoms with E-state index in [-0.39, 0.29) is 48.0 Å². The van der Waals surface area contributed by atoms with E-state index >= 15 is 0 Å². The molecule has 0 N–H and O–H groups in total. The van der Waals surface area contributed by atoms with Crippen LogP contribution in [0.4, 0.5) is 0 Å². The van der Waals surface area contributed by atoms with Crippen molar-refractivity contribution in [3.63, 3.8) is 0 Å². The van der Waals surface area contributed by atoms with Crippen LogP contribution >= 0.6 is 0 Å². The predicted octanol–water partition coefficient (Wildman–Crippen LogP) is -3.27. The number of likely N-dealkylation sites (tertiary alicyclic amines) is 2. The molecule has 0 radical (unpaired) electrons. The van der Waals surface area contributed by atoms with Crippen LogP contribution < -0.4 is 48.0 Å². The molecule has 4 nitrogen and oxygen atoms in total. The van der Waals surface area contributed by atoms with Crippen molar-refractivity contribution in [1.29, 1.82) is 0 Å². The molecule has 1 spiro atoms. The third-order valence-electron chi connectivity index (χ3n) is 7.45. The summed E-state index contributed by atoms with van der Waals surface area (Å²) in [6, 6.07) is 0. The fraction of sp³-hybridized carbons (Fsp3) is 1.00. The predicted molar refractivity (Wildman–Crippen MR) is 90.7 cm³/mol.